The molecule has 0 aliphatic heterocycles. The van der Waals surface area contributed by atoms with Crippen LogP contribution in [0.15, 0.2) is 72.0 Å². The summed E-state index contributed by atoms with van der Waals surface area (Å²) in [6.45, 7) is 2.61. The predicted molar refractivity (Wildman–Crippen MR) is 107 cm³/mol. The largest absolute Gasteiger partial charge is 0.370 e. The number of nitrogens with zero attached hydrogens (tertiary/aromatic N) is 3. The first kappa shape index (κ1) is 18.2. The van der Waals surface area contributed by atoms with Gasteiger partial charge < -0.3 is 16.4 Å². The van der Waals surface area contributed by atoms with Crippen LogP contribution >= 0.6 is 0 Å². The Hall–Kier alpha value is -3.61. The van der Waals surface area contributed by atoms with E-state index in [1.165, 1.54) is 5.56 Å². The molecule has 0 radical (unpaired) electrons. The number of aryl methyl sites for hydroxylation is 1. The molecule has 7 heteroatoms. The van der Waals surface area contributed by atoms with Gasteiger partial charge in [0, 0.05) is 23.8 Å². The van der Waals surface area contributed by atoms with Gasteiger partial charge in [-0.1, -0.05) is 29.8 Å². The Balaban J connectivity index is 1.56. The molecule has 0 aliphatic rings. The fourth-order valence-corrected chi connectivity index (χ4v) is 2.49. The molecule has 4 N–H and O–H groups in total. The number of rotatable bonds is 6. The molecule has 7 nitrogen and oxygen atoms in total. The minimum atomic E-state index is -0.139. The summed E-state index contributed by atoms with van der Waals surface area (Å²) in [5.74, 6) is 0.201. The van der Waals surface area contributed by atoms with Gasteiger partial charge in [-0.15, -0.1) is 0 Å². The van der Waals surface area contributed by atoms with Crippen LogP contribution < -0.4 is 16.4 Å². The number of benzene rings is 2. The van der Waals surface area contributed by atoms with Crippen molar-refractivity contribution in [1.82, 2.24) is 9.78 Å². The molecule has 1 aromatic heterocycles. The van der Waals surface area contributed by atoms with Crippen molar-refractivity contribution >= 4 is 23.2 Å². The van der Waals surface area contributed by atoms with E-state index in [2.05, 4.69) is 20.7 Å². The molecule has 3 aromatic rings. The van der Waals surface area contributed by atoms with E-state index < -0.39 is 0 Å². The molecule has 0 bridgehead atoms. The fraction of sp³-hybridized carbons (Fsp3) is 0.150. The van der Waals surface area contributed by atoms with E-state index in [9.17, 15) is 4.79 Å². The Morgan fingerprint density at radius 2 is 1.93 bits per heavy atom. The molecule has 0 aliphatic carbocycles. The number of carbonyl (C=O) groups is 1. The van der Waals surface area contributed by atoms with Gasteiger partial charge in [0.15, 0.2) is 5.96 Å². The smallest absolute Gasteiger partial charge is 0.246 e. The van der Waals surface area contributed by atoms with Crippen LogP contribution in [0.3, 0.4) is 0 Å². The second kappa shape index (κ2) is 8.66. The first-order valence-electron chi connectivity index (χ1n) is 8.58. The third kappa shape index (κ3) is 5.71. The number of guanidine groups is 1. The van der Waals surface area contributed by atoms with Crippen LogP contribution in [0.1, 0.15) is 11.1 Å². The predicted octanol–water partition coefficient (Wildman–Crippen LogP) is 2.76. The second-order valence-electron chi connectivity index (χ2n) is 6.14. The third-order valence-corrected chi connectivity index (χ3v) is 3.83. The Bertz CT molecular complexity index is 916. The lowest BCUT2D eigenvalue weighted by Crippen LogP contribution is -2.22. The fourth-order valence-electron chi connectivity index (χ4n) is 2.49. The van der Waals surface area contributed by atoms with Crippen molar-refractivity contribution in [3.63, 3.8) is 0 Å². The summed E-state index contributed by atoms with van der Waals surface area (Å²) in [5, 5.41) is 9.94. The van der Waals surface area contributed by atoms with Gasteiger partial charge in [-0.25, -0.2) is 4.99 Å². The van der Waals surface area contributed by atoms with Crippen molar-refractivity contribution in [2.24, 2.45) is 10.7 Å². The number of anilines is 2. The van der Waals surface area contributed by atoms with Crippen molar-refractivity contribution in [2.75, 3.05) is 10.6 Å². The maximum Gasteiger partial charge on any atom is 0.246 e. The lowest BCUT2D eigenvalue weighted by atomic mass is 10.2. The second-order valence-corrected chi connectivity index (χ2v) is 6.14. The van der Waals surface area contributed by atoms with Crippen molar-refractivity contribution in [2.45, 2.75) is 20.0 Å². The highest BCUT2D eigenvalue weighted by molar-refractivity contribution is 5.92. The van der Waals surface area contributed by atoms with Crippen molar-refractivity contribution in [3.05, 3.63) is 78.1 Å². The molecule has 1 amide bonds. The summed E-state index contributed by atoms with van der Waals surface area (Å²) in [4.78, 5) is 16.4. The van der Waals surface area contributed by atoms with Gasteiger partial charge in [0.05, 0.1) is 6.54 Å². The van der Waals surface area contributed by atoms with E-state index >= 15 is 0 Å². The Morgan fingerprint density at radius 3 is 2.67 bits per heavy atom. The number of hydrogen-bond acceptors (Lipinski definition) is 3. The van der Waals surface area contributed by atoms with Crippen LogP contribution in [0.4, 0.5) is 11.4 Å². The summed E-state index contributed by atoms with van der Waals surface area (Å²) < 4.78 is 1.57. The monoisotopic (exact) mass is 362 g/mol. The first-order valence-corrected chi connectivity index (χ1v) is 8.58. The maximum atomic E-state index is 12.1. The van der Waals surface area contributed by atoms with E-state index in [1.807, 2.05) is 55.5 Å². The molecule has 0 atom stereocenters. The first-order chi connectivity index (χ1) is 13.1. The molecule has 2 aromatic carbocycles. The molecule has 0 fully saturated rings. The molecule has 138 valence electrons. The van der Waals surface area contributed by atoms with Gasteiger partial charge in [-0.05, 0) is 42.8 Å². The van der Waals surface area contributed by atoms with Crippen LogP contribution in [0.5, 0.6) is 0 Å². The molecular formula is C20H22N6O. The normalized spacial score (nSPS) is 11.2. The van der Waals surface area contributed by atoms with Crippen LogP contribution in [0, 0.1) is 6.92 Å². The topological polar surface area (TPSA) is 97.3 Å². The van der Waals surface area contributed by atoms with Crippen LogP contribution in [0.2, 0.25) is 0 Å². The lowest BCUT2D eigenvalue weighted by Gasteiger charge is -2.08. The number of nitrogens with two attached hydrogens (primary N) is 1. The summed E-state index contributed by atoms with van der Waals surface area (Å²) in [7, 11) is 0. The quantitative estimate of drug-likeness (QED) is 0.464. The van der Waals surface area contributed by atoms with E-state index in [1.54, 1.807) is 23.1 Å². The molecule has 3 rings (SSSR count). The summed E-state index contributed by atoms with van der Waals surface area (Å²) in [6.07, 6.45) is 3.38. The lowest BCUT2D eigenvalue weighted by molar-refractivity contribution is -0.116. The van der Waals surface area contributed by atoms with Gasteiger partial charge in [0.1, 0.15) is 6.54 Å². The number of aromatic nitrogens is 2. The van der Waals surface area contributed by atoms with Gasteiger partial charge in [0.25, 0.3) is 0 Å². The standard InChI is InChI=1S/C20H22N6O/c1-15-6-8-17(9-7-15)25-20(21)22-13-16-4-2-5-18(12-16)24-19(27)14-26-11-3-10-23-26/h2-12H,13-14H2,1H3,(H,24,27)(H3,21,22,25). The van der Waals surface area contributed by atoms with Crippen molar-refractivity contribution in [1.29, 1.82) is 0 Å². The molecule has 27 heavy (non-hydrogen) atoms. The summed E-state index contributed by atoms with van der Waals surface area (Å²) >= 11 is 0. The van der Waals surface area contributed by atoms with Crippen molar-refractivity contribution in [3.8, 4) is 0 Å². The zero-order valence-corrected chi connectivity index (χ0v) is 15.1. The maximum absolute atomic E-state index is 12.1. The average molecular weight is 362 g/mol. The van der Waals surface area contributed by atoms with Gasteiger partial charge in [-0.3, -0.25) is 9.48 Å². The Labute approximate surface area is 157 Å². The average Bonchev–Trinajstić information content (AvgIpc) is 3.15. The van der Waals surface area contributed by atoms with Crippen LogP contribution in [-0.4, -0.2) is 21.6 Å². The van der Waals surface area contributed by atoms with Crippen molar-refractivity contribution < 1.29 is 4.79 Å². The molecule has 1 heterocycles. The van der Waals surface area contributed by atoms with Gasteiger partial charge in [0.2, 0.25) is 5.91 Å². The highest BCUT2D eigenvalue weighted by Crippen LogP contribution is 2.12. The molecule has 0 spiro atoms. The highest BCUT2D eigenvalue weighted by atomic mass is 16.2. The van der Waals surface area contributed by atoms with E-state index in [0.29, 0.717) is 18.2 Å². The Kier molecular flexibility index (Phi) is 5.84. The number of aliphatic imine (C=N–C) groups is 1. The van der Waals surface area contributed by atoms with Gasteiger partial charge in [-0.2, -0.15) is 5.10 Å². The zero-order chi connectivity index (χ0) is 19.1. The summed E-state index contributed by atoms with van der Waals surface area (Å²) in [6, 6.07) is 17.2. The number of carbonyl (C=O) groups excluding carboxylic acids is 1. The van der Waals surface area contributed by atoms with E-state index in [0.717, 1.165) is 11.3 Å². The molecule has 0 saturated heterocycles. The van der Waals surface area contributed by atoms with Gasteiger partial charge >= 0.3 is 0 Å². The van der Waals surface area contributed by atoms with Crippen LogP contribution in [-0.2, 0) is 17.9 Å². The Morgan fingerprint density at radius 1 is 1.11 bits per heavy atom. The molecular weight excluding hydrogens is 340 g/mol. The SMILES string of the molecule is Cc1ccc(NC(N)=NCc2cccc(NC(=O)Cn3cccn3)c2)cc1. The number of amides is 1. The third-order valence-electron chi connectivity index (χ3n) is 3.83. The molecule has 0 unspecified atom stereocenters. The number of hydrogen-bond donors (Lipinski definition) is 3. The zero-order valence-electron chi connectivity index (χ0n) is 15.1. The minimum absolute atomic E-state index is 0.139. The number of nitrogens with one attached hydrogen (secondary N) is 2. The van der Waals surface area contributed by atoms with E-state index in [-0.39, 0.29) is 12.5 Å². The highest BCUT2D eigenvalue weighted by Gasteiger charge is 2.04. The summed E-state index contributed by atoms with van der Waals surface area (Å²) in [5.41, 5.74) is 9.68. The van der Waals surface area contributed by atoms with Crippen LogP contribution in [0.25, 0.3) is 0 Å². The van der Waals surface area contributed by atoms with E-state index in [4.69, 9.17) is 5.73 Å². The minimum Gasteiger partial charge on any atom is -0.370 e. The molecule has 0 saturated carbocycles.